The lowest BCUT2D eigenvalue weighted by Gasteiger charge is -2.22. The van der Waals surface area contributed by atoms with Crippen LogP contribution in [-0.2, 0) is 11.3 Å². The molecule has 3 rings (SSSR count). The summed E-state index contributed by atoms with van der Waals surface area (Å²) in [5, 5.41) is 0.441. The van der Waals surface area contributed by atoms with E-state index >= 15 is 0 Å². The lowest BCUT2D eigenvalue weighted by molar-refractivity contribution is -0.161. The van der Waals surface area contributed by atoms with Gasteiger partial charge in [-0.2, -0.15) is 13.2 Å². The van der Waals surface area contributed by atoms with Gasteiger partial charge >= 0.3 is 6.18 Å². The van der Waals surface area contributed by atoms with Crippen LogP contribution in [0.4, 0.5) is 13.2 Å². The van der Waals surface area contributed by atoms with Crippen molar-refractivity contribution in [3.63, 3.8) is 0 Å². The van der Waals surface area contributed by atoms with Crippen LogP contribution in [0.25, 0.3) is 11.0 Å². The highest BCUT2D eigenvalue weighted by molar-refractivity contribution is 7.99. The number of hydrogen-bond acceptors (Lipinski definition) is 5. The smallest absolute Gasteiger partial charge is 0.406 e. The standard InChI is InChI=1S/C17H16F3N3O3S/c1-25-11-4-5-13-14(7-11)22-16(21-13)27-9-15(24)23(10-17(18,19)20)8-12-3-2-6-26-12/h2-7H,8-10H2,1H3,(H,21,22). The van der Waals surface area contributed by atoms with Crippen molar-refractivity contribution in [3.05, 3.63) is 42.4 Å². The molecule has 3 aromatic rings. The molecule has 6 nitrogen and oxygen atoms in total. The van der Waals surface area contributed by atoms with Crippen LogP contribution >= 0.6 is 11.8 Å². The number of furan rings is 1. The minimum Gasteiger partial charge on any atom is -0.497 e. The molecular weight excluding hydrogens is 383 g/mol. The summed E-state index contributed by atoms with van der Waals surface area (Å²) < 4.78 is 48.6. The van der Waals surface area contributed by atoms with E-state index in [1.807, 2.05) is 0 Å². The van der Waals surface area contributed by atoms with Crippen LogP contribution in [0, 0.1) is 0 Å². The zero-order valence-corrected chi connectivity index (χ0v) is 15.1. The summed E-state index contributed by atoms with van der Waals surface area (Å²) in [6.45, 7) is -1.59. The first kappa shape index (κ1) is 19.2. The highest BCUT2D eigenvalue weighted by Gasteiger charge is 2.33. The lowest BCUT2D eigenvalue weighted by atomic mass is 10.3. The molecule has 0 unspecified atom stereocenters. The van der Waals surface area contributed by atoms with E-state index in [1.54, 1.807) is 31.4 Å². The summed E-state index contributed by atoms with van der Waals surface area (Å²) in [5.41, 5.74) is 1.39. The molecule has 0 bridgehead atoms. The van der Waals surface area contributed by atoms with Crippen LogP contribution in [-0.4, -0.2) is 46.4 Å². The van der Waals surface area contributed by atoms with Gasteiger partial charge in [0.2, 0.25) is 5.91 Å². The number of benzene rings is 1. The van der Waals surface area contributed by atoms with Gasteiger partial charge in [-0.25, -0.2) is 4.98 Å². The molecule has 0 spiro atoms. The monoisotopic (exact) mass is 399 g/mol. The van der Waals surface area contributed by atoms with Crippen molar-refractivity contribution in [1.82, 2.24) is 14.9 Å². The lowest BCUT2D eigenvalue weighted by Crippen LogP contribution is -2.39. The molecule has 1 amide bonds. The average molecular weight is 399 g/mol. The number of fused-ring (bicyclic) bond motifs is 1. The van der Waals surface area contributed by atoms with E-state index < -0.39 is 18.6 Å². The fraction of sp³-hybridized carbons (Fsp3) is 0.294. The number of imidazole rings is 1. The van der Waals surface area contributed by atoms with E-state index in [2.05, 4.69) is 9.97 Å². The van der Waals surface area contributed by atoms with Crippen LogP contribution in [0.5, 0.6) is 5.75 Å². The van der Waals surface area contributed by atoms with E-state index in [0.717, 1.165) is 16.7 Å². The number of alkyl halides is 3. The number of methoxy groups -OCH3 is 1. The van der Waals surface area contributed by atoms with Crippen LogP contribution in [0.15, 0.2) is 46.2 Å². The zero-order chi connectivity index (χ0) is 19.4. The maximum absolute atomic E-state index is 12.8. The molecule has 0 aliphatic carbocycles. The Morgan fingerprint density at radius 1 is 1.37 bits per heavy atom. The Balaban J connectivity index is 1.67. The van der Waals surface area contributed by atoms with Gasteiger partial charge < -0.3 is 19.0 Å². The number of hydrogen-bond donors (Lipinski definition) is 1. The Bertz CT molecular complexity index is 909. The third kappa shape index (κ3) is 5.19. The maximum atomic E-state index is 12.8. The number of nitrogens with one attached hydrogen (secondary N) is 1. The number of H-pyrrole nitrogens is 1. The van der Waals surface area contributed by atoms with Gasteiger partial charge in [0.1, 0.15) is 18.1 Å². The highest BCUT2D eigenvalue weighted by atomic mass is 32.2. The first-order valence-corrected chi connectivity index (χ1v) is 8.86. The second kappa shape index (κ2) is 7.95. The molecule has 0 fully saturated rings. The van der Waals surface area contributed by atoms with Gasteiger partial charge in [-0.3, -0.25) is 4.79 Å². The third-order valence-electron chi connectivity index (χ3n) is 3.65. The molecule has 0 radical (unpaired) electrons. The van der Waals surface area contributed by atoms with Gasteiger partial charge in [0, 0.05) is 6.07 Å². The summed E-state index contributed by atoms with van der Waals surface area (Å²) in [6.07, 6.45) is -3.15. The number of ether oxygens (including phenoxy) is 1. The van der Waals surface area contributed by atoms with Crippen molar-refractivity contribution in [1.29, 1.82) is 0 Å². The Morgan fingerprint density at radius 2 is 2.19 bits per heavy atom. The number of halogens is 3. The normalized spacial score (nSPS) is 11.7. The Morgan fingerprint density at radius 3 is 2.85 bits per heavy atom. The summed E-state index contributed by atoms with van der Waals surface area (Å²) >= 11 is 1.04. The number of amides is 1. The molecule has 0 aliphatic rings. The third-order valence-corrected chi connectivity index (χ3v) is 4.51. The second-order valence-electron chi connectivity index (χ2n) is 5.66. The fourth-order valence-corrected chi connectivity index (χ4v) is 3.21. The predicted molar refractivity (Wildman–Crippen MR) is 93.5 cm³/mol. The number of aromatic amines is 1. The molecule has 27 heavy (non-hydrogen) atoms. The van der Waals surface area contributed by atoms with Gasteiger partial charge in [0.25, 0.3) is 0 Å². The van der Waals surface area contributed by atoms with Crippen molar-refractivity contribution < 1.29 is 27.1 Å². The molecule has 1 N–H and O–H groups in total. The Labute approximate surface area is 156 Å². The fourth-order valence-electron chi connectivity index (χ4n) is 2.42. The quantitative estimate of drug-likeness (QED) is 0.611. The summed E-state index contributed by atoms with van der Waals surface area (Å²) in [6, 6.07) is 8.33. The second-order valence-corrected chi connectivity index (χ2v) is 6.62. The molecule has 0 saturated heterocycles. The average Bonchev–Trinajstić information content (AvgIpc) is 3.26. The largest absolute Gasteiger partial charge is 0.497 e. The van der Waals surface area contributed by atoms with Crippen molar-refractivity contribution >= 4 is 28.7 Å². The number of carbonyl (C=O) groups is 1. The van der Waals surface area contributed by atoms with E-state index in [4.69, 9.17) is 9.15 Å². The molecule has 0 atom stereocenters. The van der Waals surface area contributed by atoms with E-state index in [-0.39, 0.29) is 18.1 Å². The van der Waals surface area contributed by atoms with Crippen LogP contribution in [0.3, 0.4) is 0 Å². The van der Waals surface area contributed by atoms with Gasteiger partial charge in [0.15, 0.2) is 5.16 Å². The number of carbonyl (C=O) groups excluding carboxylic acids is 1. The minimum absolute atomic E-state index is 0.187. The SMILES string of the molecule is COc1ccc2nc(SCC(=O)N(Cc3ccco3)CC(F)(F)F)[nH]c2c1. The highest BCUT2D eigenvalue weighted by Crippen LogP contribution is 2.24. The molecule has 0 aliphatic heterocycles. The van der Waals surface area contributed by atoms with E-state index in [1.165, 1.54) is 12.3 Å². The number of aromatic nitrogens is 2. The summed E-state index contributed by atoms with van der Waals surface area (Å²) in [4.78, 5) is 20.4. The van der Waals surface area contributed by atoms with E-state index in [9.17, 15) is 18.0 Å². The van der Waals surface area contributed by atoms with Gasteiger partial charge in [-0.15, -0.1) is 0 Å². The zero-order valence-electron chi connectivity index (χ0n) is 14.2. The number of nitrogens with zero attached hydrogens (tertiary/aromatic N) is 2. The van der Waals surface area contributed by atoms with Crippen LogP contribution < -0.4 is 4.74 Å². The number of thioether (sulfide) groups is 1. The summed E-state index contributed by atoms with van der Waals surface area (Å²) in [7, 11) is 1.54. The Kier molecular flexibility index (Phi) is 5.64. The number of rotatable bonds is 7. The van der Waals surface area contributed by atoms with Crippen molar-refractivity contribution in [2.24, 2.45) is 0 Å². The van der Waals surface area contributed by atoms with Gasteiger partial charge in [-0.1, -0.05) is 11.8 Å². The maximum Gasteiger partial charge on any atom is 0.406 e. The first-order chi connectivity index (χ1) is 12.8. The van der Waals surface area contributed by atoms with Gasteiger partial charge in [0.05, 0.1) is 36.7 Å². The predicted octanol–water partition coefficient (Wildman–Crippen LogP) is 3.85. The van der Waals surface area contributed by atoms with Gasteiger partial charge in [-0.05, 0) is 24.3 Å². The Hall–Kier alpha value is -2.62. The van der Waals surface area contributed by atoms with Crippen LogP contribution in [0.2, 0.25) is 0 Å². The molecule has 0 saturated carbocycles. The van der Waals surface area contributed by atoms with E-state index in [0.29, 0.717) is 21.9 Å². The van der Waals surface area contributed by atoms with Crippen molar-refractivity contribution in [2.45, 2.75) is 17.9 Å². The topological polar surface area (TPSA) is 71.4 Å². The molecular formula is C17H16F3N3O3S. The first-order valence-electron chi connectivity index (χ1n) is 7.87. The minimum atomic E-state index is -4.50. The van der Waals surface area contributed by atoms with Crippen molar-refractivity contribution in [2.75, 3.05) is 19.4 Å². The van der Waals surface area contributed by atoms with Crippen molar-refractivity contribution in [3.8, 4) is 5.75 Å². The summed E-state index contributed by atoms with van der Waals surface area (Å²) in [5.74, 6) is 0.0852. The molecule has 1 aromatic carbocycles. The molecule has 2 heterocycles. The molecule has 2 aromatic heterocycles. The molecule has 10 heteroatoms. The molecule has 144 valence electrons. The van der Waals surface area contributed by atoms with Crippen LogP contribution in [0.1, 0.15) is 5.76 Å².